The SMILES string of the molecule is Cc1ccc(C(=O)NC[C@H](NC(=O)c2cc(-c3ccccc3)ncn2)C(=O)N[C@@H](CC(C)C)B(O)O)cc1. The molecule has 0 aliphatic heterocycles. The van der Waals surface area contributed by atoms with E-state index in [1.165, 1.54) is 12.4 Å². The van der Waals surface area contributed by atoms with Crippen LogP contribution < -0.4 is 16.0 Å². The molecule has 0 aliphatic rings. The van der Waals surface area contributed by atoms with Gasteiger partial charge in [-0.2, -0.15) is 0 Å². The number of benzene rings is 2. The van der Waals surface area contributed by atoms with Gasteiger partial charge in [-0.05, 0) is 37.5 Å². The van der Waals surface area contributed by atoms with Gasteiger partial charge >= 0.3 is 7.12 Å². The van der Waals surface area contributed by atoms with Crippen LogP contribution in [-0.2, 0) is 4.79 Å². The van der Waals surface area contributed by atoms with E-state index in [9.17, 15) is 24.4 Å². The van der Waals surface area contributed by atoms with Crippen LogP contribution in [0.1, 0.15) is 46.7 Å². The minimum atomic E-state index is -1.80. The van der Waals surface area contributed by atoms with Crippen molar-refractivity contribution in [2.24, 2.45) is 5.92 Å². The maximum atomic E-state index is 13.2. The summed E-state index contributed by atoms with van der Waals surface area (Å²) in [5.41, 5.74) is 2.73. The second-order valence-corrected chi connectivity index (χ2v) is 9.41. The lowest BCUT2D eigenvalue weighted by molar-refractivity contribution is -0.123. The highest BCUT2D eigenvalue weighted by Gasteiger charge is 2.30. The number of nitrogens with one attached hydrogen (secondary N) is 3. The molecule has 198 valence electrons. The average Bonchev–Trinajstić information content (AvgIpc) is 2.91. The van der Waals surface area contributed by atoms with Gasteiger partial charge in [-0.3, -0.25) is 14.4 Å². The molecule has 3 aromatic rings. The minimum absolute atomic E-state index is 0.0300. The molecule has 0 saturated carbocycles. The number of carbonyl (C=O) groups is 3. The molecule has 5 N–H and O–H groups in total. The normalized spacial score (nSPS) is 12.4. The predicted octanol–water partition coefficient (Wildman–Crippen LogP) is 1.52. The minimum Gasteiger partial charge on any atom is -0.426 e. The predicted molar refractivity (Wildman–Crippen MR) is 144 cm³/mol. The summed E-state index contributed by atoms with van der Waals surface area (Å²) >= 11 is 0. The smallest absolute Gasteiger partial charge is 0.426 e. The first-order valence-corrected chi connectivity index (χ1v) is 12.3. The molecule has 11 heteroatoms. The number of hydrogen-bond donors (Lipinski definition) is 5. The largest absolute Gasteiger partial charge is 0.475 e. The molecule has 2 atom stereocenters. The molecule has 0 saturated heterocycles. The molecule has 0 radical (unpaired) electrons. The van der Waals surface area contributed by atoms with Crippen LogP contribution in [0.25, 0.3) is 11.3 Å². The Kier molecular flexibility index (Phi) is 10.1. The van der Waals surface area contributed by atoms with E-state index in [1.54, 1.807) is 24.3 Å². The van der Waals surface area contributed by atoms with Crippen LogP contribution in [0.15, 0.2) is 67.0 Å². The lowest BCUT2D eigenvalue weighted by atomic mass is 9.75. The Hall–Kier alpha value is -4.09. The Balaban J connectivity index is 1.79. The molecule has 1 heterocycles. The third kappa shape index (κ3) is 8.22. The maximum absolute atomic E-state index is 13.2. The molecule has 2 aromatic carbocycles. The van der Waals surface area contributed by atoms with Gasteiger partial charge in [0.15, 0.2) is 0 Å². The van der Waals surface area contributed by atoms with Crippen LogP contribution in [0, 0.1) is 12.8 Å². The first-order chi connectivity index (χ1) is 18.1. The van der Waals surface area contributed by atoms with E-state index in [1.807, 2.05) is 51.1 Å². The zero-order chi connectivity index (χ0) is 27.7. The fourth-order valence-corrected chi connectivity index (χ4v) is 3.74. The van der Waals surface area contributed by atoms with Gasteiger partial charge < -0.3 is 26.0 Å². The number of hydrogen-bond acceptors (Lipinski definition) is 7. The Bertz CT molecular complexity index is 1240. The summed E-state index contributed by atoms with van der Waals surface area (Å²) in [5, 5.41) is 27.3. The fraction of sp³-hybridized carbons (Fsp3) is 0.296. The van der Waals surface area contributed by atoms with Gasteiger partial charge in [0.25, 0.3) is 11.8 Å². The van der Waals surface area contributed by atoms with Gasteiger partial charge in [0.1, 0.15) is 18.1 Å². The molecular weight excluding hydrogens is 485 g/mol. The quantitative estimate of drug-likeness (QED) is 0.242. The van der Waals surface area contributed by atoms with Crippen LogP contribution in [0.2, 0.25) is 0 Å². The summed E-state index contributed by atoms with van der Waals surface area (Å²) in [6.07, 6.45) is 1.55. The third-order valence-electron chi connectivity index (χ3n) is 5.78. The molecule has 3 amide bonds. The average molecular weight is 517 g/mol. The topological polar surface area (TPSA) is 154 Å². The summed E-state index contributed by atoms with van der Waals surface area (Å²) in [6.45, 7) is 5.41. The van der Waals surface area contributed by atoms with E-state index in [2.05, 4.69) is 25.9 Å². The van der Waals surface area contributed by atoms with Crippen LogP contribution >= 0.6 is 0 Å². The van der Waals surface area contributed by atoms with Crippen molar-refractivity contribution in [3.63, 3.8) is 0 Å². The van der Waals surface area contributed by atoms with Gasteiger partial charge in [0.05, 0.1) is 11.6 Å². The first-order valence-electron chi connectivity index (χ1n) is 12.3. The van der Waals surface area contributed by atoms with Crippen molar-refractivity contribution in [3.8, 4) is 11.3 Å². The lowest BCUT2D eigenvalue weighted by Crippen LogP contribution is -2.57. The highest BCUT2D eigenvalue weighted by molar-refractivity contribution is 6.43. The number of aryl methyl sites for hydroxylation is 1. The number of amides is 3. The summed E-state index contributed by atoms with van der Waals surface area (Å²) in [7, 11) is -1.80. The Morgan fingerprint density at radius 2 is 1.61 bits per heavy atom. The van der Waals surface area contributed by atoms with Crippen molar-refractivity contribution in [2.75, 3.05) is 6.54 Å². The summed E-state index contributed by atoms with van der Waals surface area (Å²) in [6, 6.07) is 16.4. The van der Waals surface area contributed by atoms with E-state index < -0.39 is 36.8 Å². The van der Waals surface area contributed by atoms with Crippen LogP contribution in [-0.4, -0.2) is 63.4 Å². The van der Waals surface area contributed by atoms with Gasteiger partial charge in [-0.15, -0.1) is 0 Å². The molecule has 1 aromatic heterocycles. The van der Waals surface area contributed by atoms with Crippen molar-refractivity contribution >= 4 is 24.8 Å². The van der Waals surface area contributed by atoms with Crippen molar-refractivity contribution < 1.29 is 24.4 Å². The number of rotatable bonds is 11. The molecular formula is C27H32BN5O5. The zero-order valence-electron chi connectivity index (χ0n) is 21.6. The monoisotopic (exact) mass is 517 g/mol. The van der Waals surface area contributed by atoms with Gasteiger partial charge in [0, 0.05) is 17.7 Å². The molecule has 0 unspecified atom stereocenters. The molecule has 3 rings (SSSR count). The molecule has 0 aliphatic carbocycles. The second-order valence-electron chi connectivity index (χ2n) is 9.41. The Morgan fingerprint density at radius 1 is 0.921 bits per heavy atom. The molecule has 10 nitrogen and oxygen atoms in total. The highest BCUT2D eigenvalue weighted by Crippen LogP contribution is 2.16. The van der Waals surface area contributed by atoms with Crippen molar-refractivity contribution in [1.29, 1.82) is 0 Å². The third-order valence-corrected chi connectivity index (χ3v) is 5.78. The van der Waals surface area contributed by atoms with E-state index in [0.29, 0.717) is 17.7 Å². The molecule has 38 heavy (non-hydrogen) atoms. The summed E-state index contributed by atoms with van der Waals surface area (Å²) < 4.78 is 0. The Morgan fingerprint density at radius 3 is 2.24 bits per heavy atom. The van der Waals surface area contributed by atoms with Gasteiger partial charge in [-0.1, -0.05) is 61.9 Å². The van der Waals surface area contributed by atoms with Crippen LogP contribution in [0.5, 0.6) is 0 Å². The van der Waals surface area contributed by atoms with Crippen LogP contribution in [0.4, 0.5) is 0 Å². The van der Waals surface area contributed by atoms with E-state index in [-0.39, 0.29) is 18.2 Å². The van der Waals surface area contributed by atoms with Crippen molar-refractivity contribution in [2.45, 2.75) is 39.2 Å². The van der Waals surface area contributed by atoms with E-state index >= 15 is 0 Å². The first kappa shape index (κ1) is 28.5. The summed E-state index contributed by atoms with van der Waals surface area (Å²) in [4.78, 5) is 47.2. The van der Waals surface area contributed by atoms with Crippen molar-refractivity contribution in [3.05, 3.63) is 83.8 Å². The maximum Gasteiger partial charge on any atom is 0.475 e. The number of aromatic nitrogens is 2. The van der Waals surface area contributed by atoms with Crippen molar-refractivity contribution in [1.82, 2.24) is 25.9 Å². The zero-order valence-corrected chi connectivity index (χ0v) is 21.6. The molecule has 0 fully saturated rings. The van der Waals surface area contributed by atoms with Gasteiger partial charge in [0.2, 0.25) is 5.91 Å². The summed E-state index contributed by atoms with van der Waals surface area (Å²) in [5.74, 6) is -2.66. The van der Waals surface area contributed by atoms with E-state index in [4.69, 9.17) is 0 Å². The highest BCUT2D eigenvalue weighted by atomic mass is 16.4. The Labute approximate surface area is 222 Å². The van der Waals surface area contributed by atoms with Crippen LogP contribution in [0.3, 0.4) is 0 Å². The van der Waals surface area contributed by atoms with Gasteiger partial charge in [-0.25, -0.2) is 9.97 Å². The number of carbonyl (C=O) groups excluding carboxylic acids is 3. The fourth-order valence-electron chi connectivity index (χ4n) is 3.74. The lowest BCUT2D eigenvalue weighted by Gasteiger charge is -2.24. The molecule has 0 bridgehead atoms. The van der Waals surface area contributed by atoms with E-state index in [0.717, 1.165) is 11.1 Å². The standard InChI is InChI=1S/C27H32BN5O5/c1-17(2)13-24(28(37)38)33-27(36)23(15-29-25(34)20-11-9-18(3)10-12-20)32-26(35)22-14-21(30-16-31-22)19-7-5-4-6-8-19/h4-12,14,16-17,23-24,37-38H,13,15H2,1-3H3,(H,29,34)(H,32,35)(H,33,36)/t23-,24-/m0/s1. The number of nitrogens with zero attached hydrogens (tertiary/aromatic N) is 2. The molecule has 0 spiro atoms. The second kappa shape index (κ2) is 13.5.